The number of carbonyl (C=O) groups is 4. The van der Waals surface area contributed by atoms with E-state index in [1.54, 1.807) is 36.4 Å². The van der Waals surface area contributed by atoms with Gasteiger partial charge in [-0.1, -0.05) is 61.0 Å². The molecular weight excluding hydrogens is 530 g/mol. The van der Waals surface area contributed by atoms with Crippen molar-refractivity contribution in [2.75, 3.05) is 6.61 Å². The van der Waals surface area contributed by atoms with Gasteiger partial charge in [0.1, 0.15) is 11.3 Å². The van der Waals surface area contributed by atoms with Crippen LogP contribution in [0.1, 0.15) is 72.6 Å². The highest BCUT2D eigenvalue weighted by atomic mass is 32.2. The second-order valence-corrected chi connectivity index (χ2v) is 10.7. The molecule has 9 heteroatoms. The molecule has 0 atom stereocenters. The van der Waals surface area contributed by atoms with E-state index in [9.17, 15) is 24.3 Å². The molecule has 0 aliphatic heterocycles. The van der Waals surface area contributed by atoms with Crippen LogP contribution in [-0.4, -0.2) is 46.5 Å². The molecule has 1 fully saturated rings. The third-order valence-electron chi connectivity index (χ3n) is 6.32. The number of hydrogen-bond acceptors (Lipinski definition) is 9. The van der Waals surface area contributed by atoms with Crippen molar-refractivity contribution in [1.29, 1.82) is 0 Å². The quantitative estimate of drug-likeness (QED) is 0.0610. The molecule has 1 N–H and O–H groups in total. The number of oxime groups is 1. The predicted molar refractivity (Wildman–Crippen MR) is 152 cm³/mol. The van der Waals surface area contributed by atoms with Gasteiger partial charge < -0.3 is 14.7 Å². The van der Waals surface area contributed by atoms with E-state index in [-0.39, 0.29) is 36.5 Å². The number of esters is 1. The molecule has 40 heavy (non-hydrogen) atoms. The first-order valence-electron chi connectivity index (χ1n) is 13.0. The monoisotopic (exact) mass is 563 g/mol. The Morgan fingerprint density at radius 1 is 0.975 bits per heavy atom. The van der Waals surface area contributed by atoms with Crippen LogP contribution in [0.15, 0.2) is 88.3 Å². The van der Waals surface area contributed by atoms with Gasteiger partial charge in [-0.05, 0) is 56.2 Å². The van der Waals surface area contributed by atoms with Crippen LogP contribution in [0.3, 0.4) is 0 Å². The fourth-order valence-corrected chi connectivity index (χ4v) is 4.93. The van der Waals surface area contributed by atoms with Gasteiger partial charge in [0.25, 0.3) is 0 Å². The van der Waals surface area contributed by atoms with Gasteiger partial charge in [0, 0.05) is 32.9 Å². The number of ketones is 2. The number of aliphatic hydroxyl groups is 1. The van der Waals surface area contributed by atoms with Crippen LogP contribution in [-0.2, 0) is 19.2 Å². The predicted octanol–water partition coefficient (Wildman–Crippen LogP) is 5.88. The van der Waals surface area contributed by atoms with Crippen LogP contribution < -0.4 is 0 Å². The van der Waals surface area contributed by atoms with Crippen molar-refractivity contribution >= 4 is 41.0 Å². The third kappa shape index (κ3) is 8.59. The molecule has 210 valence electrons. The first kappa shape index (κ1) is 30.7. The molecule has 0 radical (unpaired) electrons. The molecule has 0 unspecified atom stereocenters. The van der Waals surface area contributed by atoms with Crippen molar-refractivity contribution in [3.05, 3.63) is 84.5 Å². The average Bonchev–Trinajstić information content (AvgIpc) is 2.95. The van der Waals surface area contributed by atoms with Crippen LogP contribution in [0.5, 0.6) is 0 Å². The minimum Gasteiger partial charge on any atom is -0.462 e. The molecule has 0 saturated heterocycles. The number of benzene rings is 2. The maximum Gasteiger partial charge on any atom is 0.338 e. The second kappa shape index (κ2) is 14.5. The lowest BCUT2D eigenvalue weighted by Crippen LogP contribution is -2.40. The first-order chi connectivity index (χ1) is 19.1. The standard InChI is InChI=1S/C31H33NO7S/c1-4-8-27(33)39-32-26(17-20-38-30(36)21(2)3)28(34)22-9-13-24(14-10-22)40-25-15-11-23(12-16-25)29(35)31(37)18-6-5-7-19-31/h4,9-16,37H,1-2,5-8,17-20H2,3H3/b32-26+. The van der Waals surface area contributed by atoms with Gasteiger partial charge in [0.05, 0.1) is 13.0 Å². The van der Waals surface area contributed by atoms with Gasteiger partial charge >= 0.3 is 11.9 Å². The zero-order valence-corrected chi connectivity index (χ0v) is 23.3. The largest absolute Gasteiger partial charge is 0.462 e. The van der Waals surface area contributed by atoms with Gasteiger partial charge in [-0.2, -0.15) is 0 Å². The summed E-state index contributed by atoms with van der Waals surface area (Å²) in [6, 6.07) is 13.9. The fourth-order valence-electron chi connectivity index (χ4n) is 4.11. The van der Waals surface area contributed by atoms with Crippen LogP contribution >= 0.6 is 11.8 Å². The van der Waals surface area contributed by atoms with Gasteiger partial charge in [0.15, 0.2) is 5.78 Å². The summed E-state index contributed by atoms with van der Waals surface area (Å²) in [5, 5.41) is 14.5. The molecule has 1 aliphatic rings. The maximum atomic E-state index is 13.1. The van der Waals surface area contributed by atoms with Crippen molar-refractivity contribution in [3.8, 4) is 0 Å². The average molecular weight is 564 g/mol. The van der Waals surface area contributed by atoms with Crippen molar-refractivity contribution in [2.24, 2.45) is 5.16 Å². The van der Waals surface area contributed by atoms with Crippen molar-refractivity contribution in [2.45, 2.75) is 67.3 Å². The molecule has 0 aromatic heterocycles. The Balaban J connectivity index is 1.66. The number of carbonyl (C=O) groups excluding carboxylic acids is 4. The third-order valence-corrected chi connectivity index (χ3v) is 7.34. The first-order valence-corrected chi connectivity index (χ1v) is 13.8. The highest BCUT2D eigenvalue weighted by molar-refractivity contribution is 7.99. The molecule has 0 bridgehead atoms. The summed E-state index contributed by atoms with van der Waals surface area (Å²) in [7, 11) is 0. The lowest BCUT2D eigenvalue weighted by molar-refractivity contribution is -0.143. The summed E-state index contributed by atoms with van der Waals surface area (Å²) in [6.07, 6.45) is 4.96. The van der Waals surface area contributed by atoms with E-state index in [0.717, 1.165) is 29.1 Å². The molecule has 0 heterocycles. The molecule has 0 spiro atoms. The molecular formula is C31H33NO7S. The second-order valence-electron chi connectivity index (χ2n) is 9.56. The van der Waals surface area contributed by atoms with E-state index in [1.807, 2.05) is 12.1 Å². The van der Waals surface area contributed by atoms with Gasteiger partial charge in [-0.15, -0.1) is 6.58 Å². The maximum absolute atomic E-state index is 13.1. The minimum absolute atomic E-state index is 0.0596. The SMILES string of the molecule is C=CCC(=O)O/N=C(\CCOC(=O)C(=C)C)C(=O)c1ccc(Sc2ccc(C(=O)C3(O)CCCCC3)cc2)cc1. The van der Waals surface area contributed by atoms with E-state index >= 15 is 0 Å². The van der Waals surface area contributed by atoms with Crippen LogP contribution in [0.2, 0.25) is 0 Å². The number of nitrogens with zero attached hydrogens (tertiary/aromatic N) is 1. The summed E-state index contributed by atoms with van der Waals surface area (Å²) in [5.41, 5.74) is -0.321. The van der Waals surface area contributed by atoms with E-state index in [1.165, 1.54) is 24.8 Å². The van der Waals surface area contributed by atoms with E-state index in [0.29, 0.717) is 24.0 Å². The van der Waals surface area contributed by atoms with Gasteiger partial charge in [-0.3, -0.25) is 9.59 Å². The Morgan fingerprint density at radius 2 is 1.55 bits per heavy atom. The molecule has 0 amide bonds. The number of Topliss-reactive ketones (excluding diaryl/α,β-unsaturated/α-hetero) is 2. The summed E-state index contributed by atoms with van der Waals surface area (Å²) in [5.74, 6) is -1.97. The Kier molecular flexibility index (Phi) is 11.2. The molecule has 1 saturated carbocycles. The van der Waals surface area contributed by atoms with Crippen molar-refractivity contribution in [1.82, 2.24) is 0 Å². The fraction of sp³-hybridized carbons (Fsp3) is 0.323. The topological polar surface area (TPSA) is 119 Å². The lowest BCUT2D eigenvalue weighted by atomic mass is 9.79. The summed E-state index contributed by atoms with van der Waals surface area (Å²) < 4.78 is 5.06. The van der Waals surface area contributed by atoms with Gasteiger partial charge in [0.2, 0.25) is 5.78 Å². The highest BCUT2D eigenvalue weighted by Crippen LogP contribution is 2.33. The highest BCUT2D eigenvalue weighted by Gasteiger charge is 2.37. The van der Waals surface area contributed by atoms with Crippen LogP contribution in [0.25, 0.3) is 0 Å². The van der Waals surface area contributed by atoms with Crippen molar-refractivity contribution < 1.29 is 33.9 Å². The molecule has 2 aromatic carbocycles. The van der Waals surface area contributed by atoms with Crippen LogP contribution in [0, 0.1) is 0 Å². The van der Waals surface area contributed by atoms with E-state index in [2.05, 4.69) is 18.3 Å². The van der Waals surface area contributed by atoms with E-state index < -0.39 is 23.3 Å². The van der Waals surface area contributed by atoms with E-state index in [4.69, 9.17) is 9.57 Å². The molecule has 1 aliphatic carbocycles. The van der Waals surface area contributed by atoms with Crippen LogP contribution in [0.4, 0.5) is 0 Å². The Labute approximate surface area is 238 Å². The zero-order valence-electron chi connectivity index (χ0n) is 22.5. The minimum atomic E-state index is -1.27. The number of rotatable bonds is 13. The Hall–Kier alpha value is -3.82. The Bertz CT molecular complexity index is 1290. The normalized spacial score (nSPS) is 14.6. The summed E-state index contributed by atoms with van der Waals surface area (Å²) >= 11 is 1.45. The molecule has 3 rings (SSSR count). The lowest BCUT2D eigenvalue weighted by Gasteiger charge is -2.30. The Morgan fingerprint density at radius 3 is 2.10 bits per heavy atom. The zero-order chi connectivity index (χ0) is 29.1. The number of hydrogen-bond donors (Lipinski definition) is 1. The summed E-state index contributed by atoms with van der Waals surface area (Å²) in [4.78, 5) is 55.9. The summed E-state index contributed by atoms with van der Waals surface area (Å²) in [6.45, 7) is 8.34. The van der Waals surface area contributed by atoms with Crippen molar-refractivity contribution in [3.63, 3.8) is 0 Å². The smallest absolute Gasteiger partial charge is 0.338 e. The number of ether oxygens (including phenoxy) is 1. The molecule has 8 nitrogen and oxygen atoms in total. The molecule has 2 aromatic rings. The van der Waals surface area contributed by atoms with Gasteiger partial charge in [-0.25, -0.2) is 9.59 Å².